The number of aryl methyl sites for hydroxylation is 1. The van der Waals surface area contributed by atoms with Crippen LogP contribution in [-0.4, -0.2) is 94.4 Å². The lowest BCUT2D eigenvalue weighted by Gasteiger charge is -2.41. The van der Waals surface area contributed by atoms with E-state index in [9.17, 15) is 42.3 Å². The van der Waals surface area contributed by atoms with Crippen LogP contribution in [0.1, 0.15) is 118 Å². The number of likely N-dealkylation sites (tertiary alicyclic amines) is 1. The van der Waals surface area contributed by atoms with Gasteiger partial charge in [0, 0.05) is 37.9 Å². The van der Waals surface area contributed by atoms with E-state index in [2.05, 4.69) is 15.6 Å². The average Bonchev–Trinajstić information content (AvgIpc) is 3.61. The zero-order valence-electron chi connectivity index (χ0n) is 33.1. The van der Waals surface area contributed by atoms with Gasteiger partial charge in [0.05, 0.1) is 17.5 Å². The van der Waals surface area contributed by atoms with Gasteiger partial charge in [-0.05, 0) is 88.1 Å². The third kappa shape index (κ3) is 12.2. The van der Waals surface area contributed by atoms with Crippen LogP contribution in [0.15, 0.2) is 29.6 Å². The number of benzene rings is 1. The van der Waals surface area contributed by atoms with Gasteiger partial charge >= 0.3 is 18.1 Å². The minimum Gasteiger partial charge on any atom is -0.481 e. The van der Waals surface area contributed by atoms with Crippen molar-refractivity contribution in [3.8, 4) is 0 Å². The number of nitrogens with zero attached hydrogens (tertiary/aromatic N) is 3. The van der Waals surface area contributed by atoms with Crippen LogP contribution in [-0.2, 0) is 36.5 Å². The fraction of sp³-hybridized carbons (Fsp3) is 0.650. The van der Waals surface area contributed by atoms with Gasteiger partial charge < -0.3 is 25.4 Å². The van der Waals surface area contributed by atoms with Gasteiger partial charge in [0.2, 0.25) is 11.8 Å². The highest BCUT2D eigenvalue weighted by atomic mass is 32.1. The van der Waals surface area contributed by atoms with Crippen LogP contribution in [0.5, 0.6) is 0 Å². The molecule has 1 saturated heterocycles. The lowest BCUT2D eigenvalue weighted by molar-refractivity contribution is -0.149. The second-order valence-corrected chi connectivity index (χ2v) is 16.6. The molecule has 2 aliphatic rings. The summed E-state index contributed by atoms with van der Waals surface area (Å²) in [4.78, 5) is 73.4. The molecule has 4 rings (SSSR count). The number of amides is 3. The molecule has 0 bridgehead atoms. The van der Waals surface area contributed by atoms with Crippen molar-refractivity contribution in [2.24, 2.45) is 17.8 Å². The van der Waals surface area contributed by atoms with Gasteiger partial charge in [-0.1, -0.05) is 45.7 Å². The Morgan fingerprint density at radius 3 is 2.25 bits per heavy atom. The molecule has 16 heteroatoms. The first-order valence-corrected chi connectivity index (χ1v) is 20.3. The highest BCUT2D eigenvalue weighted by molar-refractivity contribution is 7.09. The first-order chi connectivity index (χ1) is 26.3. The summed E-state index contributed by atoms with van der Waals surface area (Å²) >= 11 is 1.11. The number of aromatic nitrogens is 1. The smallest absolute Gasteiger partial charge is 0.416 e. The Balaban J connectivity index is 1.48. The summed E-state index contributed by atoms with van der Waals surface area (Å²) in [5.74, 6) is -3.44. The second kappa shape index (κ2) is 19.9. The van der Waals surface area contributed by atoms with Crippen LogP contribution in [0, 0.1) is 17.8 Å². The fourth-order valence-electron chi connectivity index (χ4n) is 7.47. The summed E-state index contributed by atoms with van der Waals surface area (Å²) in [7, 11) is 3.63. The number of hydrogen-bond acceptors (Lipinski definition) is 9. The van der Waals surface area contributed by atoms with Crippen LogP contribution >= 0.6 is 11.3 Å². The molecule has 310 valence electrons. The average molecular weight is 808 g/mol. The first-order valence-electron chi connectivity index (χ1n) is 19.4. The summed E-state index contributed by atoms with van der Waals surface area (Å²) in [6, 6.07) is 2.64. The van der Waals surface area contributed by atoms with Crippen LogP contribution in [0.4, 0.5) is 13.2 Å². The number of thiazole rings is 1. The van der Waals surface area contributed by atoms with Gasteiger partial charge in [0.15, 0.2) is 6.10 Å². The number of nitrogens with one attached hydrogen (secondary N) is 2. The minimum atomic E-state index is -4.47. The zero-order chi connectivity index (χ0) is 41.3. The lowest BCUT2D eigenvalue weighted by Crippen LogP contribution is -2.59. The van der Waals surface area contributed by atoms with Gasteiger partial charge in [-0.15, -0.1) is 11.3 Å². The van der Waals surface area contributed by atoms with Crippen molar-refractivity contribution in [3.05, 3.63) is 51.5 Å². The second-order valence-electron chi connectivity index (χ2n) is 15.7. The molecule has 0 spiro atoms. The molecule has 1 aliphatic carbocycles. The summed E-state index contributed by atoms with van der Waals surface area (Å²) in [5.41, 5.74) is -0.156. The van der Waals surface area contributed by atoms with Crippen LogP contribution in [0.3, 0.4) is 0 Å². The van der Waals surface area contributed by atoms with Gasteiger partial charge in [0.25, 0.3) is 5.91 Å². The number of halogens is 3. The Bertz CT molecular complexity index is 1670. The molecular formula is C40H56F3N5O7S. The Hall–Kier alpha value is -4.05. The number of hydrogen-bond donors (Lipinski definition) is 3. The van der Waals surface area contributed by atoms with Crippen molar-refractivity contribution in [2.45, 2.75) is 128 Å². The van der Waals surface area contributed by atoms with Crippen molar-refractivity contribution in [3.63, 3.8) is 0 Å². The lowest BCUT2D eigenvalue weighted by atomic mass is 9.78. The van der Waals surface area contributed by atoms with E-state index in [-0.39, 0.29) is 61.1 Å². The SMILES string of the molecule is CC(=O)O[C@H](C[C@H](C(C)C)N(C)C(=O)[C@@H](NC(=O)[C@H]1CCCCN1C)C1CCC1)c1nc(C(=O)N[C@@H](CCc2ccc(C(F)(F)F)cc2)C[C@H](C)C(=O)O)cs1. The van der Waals surface area contributed by atoms with Crippen LogP contribution in [0.25, 0.3) is 0 Å². The van der Waals surface area contributed by atoms with Crippen molar-refractivity contribution in [1.29, 1.82) is 0 Å². The van der Waals surface area contributed by atoms with E-state index in [4.69, 9.17) is 4.74 Å². The standard InChI is InChI=1S/C40H56F3N5O7S/c1-23(2)32(48(6)38(52)34(27-10-9-11-27)46-36(51)31-12-7-8-19-47(31)5)21-33(55-25(4)49)37-45-30(22-56-37)35(50)44-29(20-24(3)39(53)54)18-15-26-13-16-28(17-14-26)40(41,42)43/h13-14,16-17,22-24,27,29,31-34H,7-12,15,18-21H2,1-6H3,(H,44,50)(H,46,51)(H,53,54)/t24-,29-,31+,32+,33+,34-/m0/s1. The van der Waals surface area contributed by atoms with E-state index in [1.165, 1.54) is 31.4 Å². The predicted molar refractivity (Wildman–Crippen MR) is 205 cm³/mol. The number of rotatable bonds is 18. The molecular weight excluding hydrogens is 752 g/mol. The number of carboxylic acid groups (broad SMARTS) is 1. The minimum absolute atomic E-state index is 0.0237. The number of carboxylic acids is 1. The quantitative estimate of drug-likeness (QED) is 0.148. The Morgan fingerprint density at radius 2 is 1.70 bits per heavy atom. The molecule has 1 aliphatic heterocycles. The van der Waals surface area contributed by atoms with E-state index in [1.807, 2.05) is 25.8 Å². The van der Waals surface area contributed by atoms with Gasteiger partial charge in [-0.3, -0.25) is 28.9 Å². The van der Waals surface area contributed by atoms with E-state index in [0.29, 0.717) is 10.6 Å². The molecule has 1 aromatic carbocycles. The molecule has 3 amide bonds. The molecule has 56 heavy (non-hydrogen) atoms. The number of carbonyl (C=O) groups excluding carboxylic acids is 4. The Morgan fingerprint density at radius 1 is 1.02 bits per heavy atom. The Labute approximate surface area is 330 Å². The van der Waals surface area contributed by atoms with Crippen molar-refractivity contribution in [2.75, 3.05) is 20.6 Å². The molecule has 1 saturated carbocycles. The van der Waals surface area contributed by atoms with Gasteiger partial charge in [-0.25, -0.2) is 4.98 Å². The molecule has 1 aromatic heterocycles. The van der Waals surface area contributed by atoms with E-state index in [1.54, 1.807) is 11.9 Å². The number of aliphatic carboxylic acids is 1. The van der Waals surface area contributed by atoms with E-state index < -0.39 is 59.7 Å². The number of esters is 1. The maximum absolute atomic E-state index is 14.2. The number of piperidine rings is 1. The predicted octanol–water partition coefficient (Wildman–Crippen LogP) is 6.25. The summed E-state index contributed by atoms with van der Waals surface area (Å²) in [5, 5.41) is 17.4. The third-order valence-corrected chi connectivity index (χ3v) is 12.1. The molecule has 6 atom stereocenters. The highest BCUT2D eigenvalue weighted by Crippen LogP contribution is 2.34. The van der Waals surface area contributed by atoms with Crippen molar-refractivity contribution in [1.82, 2.24) is 25.4 Å². The normalized spacial score (nSPS) is 19.2. The largest absolute Gasteiger partial charge is 0.481 e. The highest BCUT2D eigenvalue weighted by Gasteiger charge is 2.40. The summed E-state index contributed by atoms with van der Waals surface area (Å²) < 4.78 is 44.9. The molecule has 0 radical (unpaired) electrons. The van der Waals surface area contributed by atoms with Crippen molar-refractivity contribution >= 4 is 41.0 Å². The maximum Gasteiger partial charge on any atom is 0.416 e. The van der Waals surface area contributed by atoms with Crippen LogP contribution in [0.2, 0.25) is 0 Å². The summed E-state index contributed by atoms with van der Waals surface area (Å²) in [6.07, 6.45) is 0.797. The Kier molecular flexibility index (Phi) is 15.9. The number of ether oxygens (including phenoxy) is 1. The molecule has 2 fully saturated rings. The number of alkyl halides is 3. The van der Waals surface area contributed by atoms with E-state index in [0.717, 1.165) is 68.5 Å². The zero-order valence-corrected chi connectivity index (χ0v) is 33.9. The topological polar surface area (TPSA) is 158 Å². The summed E-state index contributed by atoms with van der Waals surface area (Å²) in [6.45, 7) is 7.51. The number of carbonyl (C=O) groups is 5. The third-order valence-electron chi connectivity index (χ3n) is 11.1. The molecule has 2 aromatic rings. The fourth-order valence-corrected chi connectivity index (χ4v) is 8.31. The maximum atomic E-state index is 14.2. The molecule has 3 N–H and O–H groups in total. The monoisotopic (exact) mass is 807 g/mol. The van der Waals surface area contributed by atoms with E-state index >= 15 is 0 Å². The van der Waals surface area contributed by atoms with Gasteiger partial charge in [0.1, 0.15) is 16.7 Å². The molecule has 12 nitrogen and oxygen atoms in total. The van der Waals surface area contributed by atoms with Crippen molar-refractivity contribution < 1.29 is 47.0 Å². The first kappa shape index (κ1) is 44.7. The molecule has 2 heterocycles. The molecule has 0 unspecified atom stereocenters. The van der Waals surface area contributed by atoms with Gasteiger partial charge in [-0.2, -0.15) is 13.2 Å². The van der Waals surface area contributed by atoms with Crippen LogP contribution < -0.4 is 10.6 Å². The number of likely N-dealkylation sites (N-methyl/N-ethyl adjacent to an activating group) is 2.